The topological polar surface area (TPSA) is 57.5 Å². The molecule has 0 aliphatic carbocycles. The first-order valence-electron chi connectivity index (χ1n) is 5.81. The van der Waals surface area contributed by atoms with Gasteiger partial charge in [0.2, 0.25) is 0 Å². The Morgan fingerprint density at radius 1 is 1.17 bits per heavy atom. The van der Waals surface area contributed by atoms with Crippen LogP contribution in [-0.4, -0.2) is 16.2 Å². The Bertz CT molecular complexity index is 621. The molecule has 0 spiro atoms. The molecule has 2 N–H and O–H groups in total. The summed E-state index contributed by atoms with van der Waals surface area (Å²) >= 11 is 0. The molecule has 0 aliphatic heterocycles. The number of carboxylic acid groups (broad SMARTS) is 1. The molecular formula is C15H16O3. The van der Waals surface area contributed by atoms with Crippen molar-refractivity contribution in [2.24, 2.45) is 0 Å². The Kier molecular flexibility index (Phi) is 2.77. The van der Waals surface area contributed by atoms with Gasteiger partial charge in [-0.3, -0.25) is 0 Å². The summed E-state index contributed by atoms with van der Waals surface area (Å²) in [6.45, 7) is 5.88. The van der Waals surface area contributed by atoms with Crippen LogP contribution in [0.2, 0.25) is 0 Å². The number of aromatic hydroxyl groups is 1. The van der Waals surface area contributed by atoms with Crippen molar-refractivity contribution in [2.75, 3.05) is 0 Å². The first-order valence-corrected chi connectivity index (χ1v) is 5.81. The first-order chi connectivity index (χ1) is 8.32. The molecule has 0 unspecified atom stereocenters. The van der Waals surface area contributed by atoms with Crippen molar-refractivity contribution >= 4 is 16.7 Å². The normalized spacial score (nSPS) is 11.7. The van der Waals surface area contributed by atoms with Gasteiger partial charge in [0.05, 0.1) is 0 Å². The van der Waals surface area contributed by atoms with Gasteiger partial charge in [-0.15, -0.1) is 0 Å². The number of rotatable bonds is 1. The summed E-state index contributed by atoms with van der Waals surface area (Å²) in [5.74, 6) is -1.24. The van der Waals surface area contributed by atoms with Crippen LogP contribution >= 0.6 is 0 Å². The second kappa shape index (κ2) is 4.02. The number of benzene rings is 2. The van der Waals surface area contributed by atoms with Crippen LogP contribution in [0.3, 0.4) is 0 Å². The molecule has 2 aromatic carbocycles. The monoisotopic (exact) mass is 244 g/mol. The quantitative estimate of drug-likeness (QED) is 0.806. The molecule has 0 saturated carbocycles. The maximum atomic E-state index is 11.2. The van der Waals surface area contributed by atoms with Crippen LogP contribution in [0.4, 0.5) is 0 Å². The molecule has 3 heteroatoms. The molecule has 18 heavy (non-hydrogen) atoms. The second-order valence-electron chi connectivity index (χ2n) is 5.42. The fourth-order valence-corrected chi connectivity index (χ4v) is 2.26. The van der Waals surface area contributed by atoms with E-state index >= 15 is 0 Å². The molecular weight excluding hydrogens is 228 g/mol. The third kappa shape index (κ3) is 1.92. The Morgan fingerprint density at radius 2 is 1.78 bits per heavy atom. The van der Waals surface area contributed by atoms with E-state index in [2.05, 4.69) is 0 Å². The number of carbonyl (C=O) groups is 1. The molecule has 0 saturated heterocycles. The average molecular weight is 244 g/mol. The summed E-state index contributed by atoms with van der Waals surface area (Å²) in [4.78, 5) is 11.2. The zero-order chi connectivity index (χ0) is 13.5. The van der Waals surface area contributed by atoms with E-state index < -0.39 is 5.97 Å². The fraction of sp³-hybridized carbons (Fsp3) is 0.267. The Morgan fingerprint density at radius 3 is 2.33 bits per heavy atom. The van der Waals surface area contributed by atoms with E-state index in [0.717, 1.165) is 10.8 Å². The van der Waals surface area contributed by atoms with Gasteiger partial charge in [0, 0.05) is 5.56 Å². The number of aromatic carboxylic acids is 1. The van der Waals surface area contributed by atoms with Crippen molar-refractivity contribution in [2.45, 2.75) is 26.2 Å². The number of hydrogen-bond donors (Lipinski definition) is 2. The predicted octanol–water partition coefficient (Wildman–Crippen LogP) is 3.54. The van der Waals surface area contributed by atoms with Crippen molar-refractivity contribution < 1.29 is 15.0 Å². The largest absolute Gasteiger partial charge is 0.507 e. The molecule has 2 aromatic rings. The zero-order valence-electron chi connectivity index (χ0n) is 10.7. The van der Waals surface area contributed by atoms with Crippen molar-refractivity contribution in [3.05, 3.63) is 41.5 Å². The lowest BCUT2D eigenvalue weighted by Gasteiger charge is -2.23. The molecule has 0 radical (unpaired) electrons. The van der Waals surface area contributed by atoms with Gasteiger partial charge in [-0.2, -0.15) is 0 Å². The van der Waals surface area contributed by atoms with Crippen molar-refractivity contribution in [3.8, 4) is 5.75 Å². The van der Waals surface area contributed by atoms with E-state index in [4.69, 9.17) is 5.11 Å². The van der Waals surface area contributed by atoms with Gasteiger partial charge in [-0.1, -0.05) is 45.0 Å². The van der Waals surface area contributed by atoms with Crippen LogP contribution in [0.1, 0.15) is 36.7 Å². The molecule has 0 amide bonds. The lowest BCUT2D eigenvalue weighted by atomic mass is 9.81. The Labute approximate surface area is 106 Å². The highest BCUT2D eigenvalue weighted by molar-refractivity contribution is 6.00. The van der Waals surface area contributed by atoms with Gasteiger partial charge in [0.25, 0.3) is 0 Å². The Balaban J connectivity index is 2.95. The number of phenols is 1. The van der Waals surface area contributed by atoms with E-state index in [1.54, 1.807) is 0 Å². The number of hydrogen-bond acceptors (Lipinski definition) is 2. The molecule has 3 nitrogen and oxygen atoms in total. The lowest BCUT2D eigenvalue weighted by molar-refractivity contribution is 0.0693. The minimum absolute atomic E-state index is 0.0429. The number of fused-ring (bicyclic) bond motifs is 1. The predicted molar refractivity (Wildman–Crippen MR) is 71.3 cm³/mol. The minimum Gasteiger partial charge on any atom is -0.507 e. The molecule has 94 valence electrons. The molecule has 0 aromatic heterocycles. The highest BCUT2D eigenvalue weighted by Crippen LogP contribution is 2.39. The van der Waals surface area contributed by atoms with Gasteiger partial charge in [0.1, 0.15) is 11.3 Å². The third-order valence-electron chi connectivity index (χ3n) is 3.00. The van der Waals surface area contributed by atoms with E-state index in [1.165, 1.54) is 6.07 Å². The average Bonchev–Trinajstić information content (AvgIpc) is 2.25. The molecule has 2 rings (SSSR count). The van der Waals surface area contributed by atoms with Gasteiger partial charge < -0.3 is 10.2 Å². The zero-order valence-corrected chi connectivity index (χ0v) is 10.7. The second-order valence-corrected chi connectivity index (χ2v) is 5.42. The van der Waals surface area contributed by atoms with Gasteiger partial charge in [-0.25, -0.2) is 4.79 Å². The SMILES string of the molecule is CC(C)(C)c1c(O)c(C(=O)O)cc2ccccc12. The summed E-state index contributed by atoms with van der Waals surface area (Å²) in [5.41, 5.74) is 0.312. The van der Waals surface area contributed by atoms with E-state index in [-0.39, 0.29) is 16.7 Å². The summed E-state index contributed by atoms with van der Waals surface area (Å²) in [6.07, 6.45) is 0. The third-order valence-corrected chi connectivity index (χ3v) is 3.00. The van der Waals surface area contributed by atoms with Crippen LogP contribution in [-0.2, 0) is 5.41 Å². The summed E-state index contributed by atoms with van der Waals surface area (Å²) in [7, 11) is 0. The molecule has 0 atom stereocenters. The standard InChI is InChI=1S/C15H16O3/c1-15(2,3)12-10-7-5-4-6-9(10)8-11(13(12)16)14(17)18/h4-8,16H,1-3H3,(H,17,18). The van der Waals surface area contributed by atoms with Crippen LogP contribution < -0.4 is 0 Å². The summed E-state index contributed by atoms with van der Waals surface area (Å²) in [5, 5.41) is 21.1. The van der Waals surface area contributed by atoms with E-state index in [9.17, 15) is 9.90 Å². The first kappa shape index (κ1) is 12.4. The summed E-state index contributed by atoms with van der Waals surface area (Å²) < 4.78 is 0. The van der Waals surface area contributed by atoms with Gasteiger partial charge in [0.15, 0.2) is 0 Å². The highest BCUT2D eigenvalue weighted by atomic mass is 16.4. The fourth-order valence-electron chi connectivity index (χ4n) is 2.26. The Hall–Kier alpha value is -2.03. The van der Waals surface area contributed by atoms with Crippen LogP contribution in [0.15, 0.2) is 30.3 Å². The maximum Gasteiger partial charge on any atom is 0.339 e. The summed E-state index contributed by atoms with van der Waals surface area (Å²) in [6, 6.07) is 9.02. The highest BCUT2D eigenvalue weighted by Gasteiger charge is 2.25. The van der Waals surface area contributed by atoms with E-state index in [1.807, 2.05) is 45.0 Å². The smallest absolute Gasteiger partial charge is 0.339 e. The van der Waals surface area contributed by atoms with Crippen LogP contribution in [0, 0.1) is 0 Å². The van der Waals surface area contributed by atoms with Gasteiger partial charge >= 0.3 is 5.97 Å². The molecule has 0 heterocycles. The minimum atomic E-state index is -1.11. The molecule has 0 bridgehead atoms. The van der Waals surface area contributed by atoms with Crippen LogP contribution in [0.5, 0.6) is 5.75 Å². The molecule has 0 fully saturated rings. The van der Waals surface area contributed by atoms with Crippen molar-refractivity contribution in [1.29, 1.82) is 0 Å². The van der Waals surface area contributed by atoms with Crippen molar-refractivity contribution in [3.63, 3.8) is 0 Å². The van der Waals surface area contributed by atoms with Gasteiger partial charge in [-0.05, 0) is 22.3 Å². The number of carboxylic acids is 1. The van der Waals surface area contributed by atoms with Crippen LogP contribution in [0.25, 0.3) is 10.8 Å². The maximum absolute atomic E-state index is 11.2. The molecule has 0 aliphatic rings. The van der Waals surface area contributed by atoms with E-state index in [0.29, 0.717) is 5.56 Å². The van der Waals surface area contributed by atoms with Crippen molar-refractivity contribution in [1.82, 2.24) is 0 Å². The lowest BCUT2D eigenvalue weighted by Crippen LogP contribution is -2.14.